The van der Waals surface area contributed by atoms with Crippen molar-refractivity contribution in [2.45, 2.75) is 0 Å². The molecule has 0 bridgehead atoms. The quantitative estimate of drug-likeness (QED) is 0.278. The molecule has 0 aliphatic heterocycles. The molecule has 0 aromatic carbocycles. The second-order valence-electron chi connectivity index (χ2n) is 1.67. The number of rotatable bonds is 4. The SMILES string of the molecule is O=CC(=O)/C=C/O.O=CC(=O)C=CO. The summed E-state index contributed by atoms with van der Waals surface area (Å²) in [7, 11) is 0. The summed E-state index contributed by atoms with van der Waals surface area (Å²) in [6, 6.07) is 0. The van der Waals surface area contributed by atoms with E-state index in [4.69, 9.17) is 10.2 Å². The highest BCUT2D eigenvalue weighted by molar-refractivity contribution is 6.30. The van der Waals surface area contributed by atoms with Gasteiger partial charge in [-0.3, -0.25) is 19.2 Å². The van der Waals surface area contributed by atoms with E-state index in [1.807, 2.05) is 0 Å². The number of aldehydes is 2. The van der Waals surface area contributed by atoms with Crippen molar-refractivity contribution >= 4 is 24.1 Å². The van der Waals surface area contributed by atoms with Crippen LogP contribution in [0.5, 0.6) is 0 Å². The van der Waals surface area contributed by atoms with E-state index in [0.29, 0.717) is 12.5 Å². The molecule has 0 atom stereocenters. The summed E-state index contributed by atoms with van der Waals surface area (Å²) in [5.41, 5.74) is 0. The molecule has 0 aliphatic rings. The first kappa shape index (κ1) is 14.3. The summed E-state index contributed by atoms with van der Waals surface area (Å²) in [5, 5.41) is 15.6. The molecule has 6 nitrogen and oxygen atoms in total. The van der Waals surface area contributed by atoms with Crippen molar-refractivity contribution in [1.82, 2.24) is 0 Å². The number of aliphatic hydroxyl groups is 2. The van der Waals surface area contributed by atoms with Crippen molar-refractivity contribution in [2.75, 3.05) is 0 Å². The lowest BCUT2D eigenvalue weighted by Gasteiger charge is -1.68. The van der Waals surface area contributed by atoms with Crippen LogP contribution in [0.4, 0.5) is 0 Å². The van der Waals surface area contributed by atoms with Gasteiger partial charge in [-0.25, -0.2) is 0 Å². The van der Waals surface area contributed by atoms with E-state index in [9.17, 15) is 19.2 Å². The highest BCUT2D eigenvalue weighted by Gasteiger charge is 1.85. The number of aliphatic hydroxyl groups excluding tert-OH is 2. The van der Waals surface area contributed by atoms with Gasteiger partial charge in [-0.05, 0) is 0 Å². The summed E-state index contributed by atoms with van der Waals surface area (Å²) in [6.07, 6.45) is 2.83. The van der Waals surface area contributed by atoms with E-state index in [1.54, 1.807) is 0 Å². The Balaban J connectivity index is 0. The second-order valence-corrected chi connectivity index (χ2v) is 1.67. The van der Waals surface area contributed by atoms with E-state index in [2.05, 4.69) is 0 Å². The predicted molar refractivity (Wildman–Crippen MR) is 45.7 cm³/mol. The minimum Gasteiger partial charge on any atom is -0.515 e. The molecule has 0 unspecified atom stereocenters. The fourth-order valence-electron chi connectivity index (χ4n) is 0.225. The van der Waals surface area contributed by atoms with Crippen LogP contribution in [-0.4, -0.2) is 34.4 Å². The Bertz CT molecular complexity index is 235. The zero-order chi connectivity index (χ0) is 11.4. The fourth-order valence-corrected chi connectivity index (χ4v) is 0.225. The minimum absolute atomic E-state index is 0.118. The normalized spacial score (nSPS) is 9.14. The van der Waals surface area contributed by atoms with Crippen LogP contribution in [0.1, 0.15) is 0 Å². The second kappa shape index (κ2) is 10.8. The molecule has 0 amide bonds. The molecular formula is C8H8O6. The molecule has 0 saturated carbocycles. The maximum atomic E-state index is 9.80. The lowest BCUT2D eigenvalue weighted by Crippen LogP contribution is -1.90. The highest BCUT2D eigenvalue weighted by atomic mass is 16.2. The average molecular weight is 200 g/mol. The summed E-state index contributed by atoms with van der Waals surface area (Å²) < 4.78 is 0. The smallest absolute Gasteiger partial charge is 0.221 e. The third-order valence-corrected chi connectivity index (χ3v) is 0.710. The molecule has 0 heterocycles. The zero-order valence-corrected chi connectivity index (χ0v) is 6.99. The number of ketones is 2. The van der Waals surface area contributed by atoms with Crippen LogP contribution in [0, 0.1) is 0 Å². The van der Waals surface area contributed by atoms with Crippen molar-refractivity contribution in [3.63, 3.8) is 0 Å². The summed E-state index contributed by atoms with van der Waals surface area (Å²) in [5.74, 6) is -1.47. The summed E-state index contributed by atoms with van der Waals surface area (Å²) in [6.45, 7) is 0. The van der Waals surface area contributed by atoms with Crippen molar-refractivity contribution in [1.29, 1.82) is 0 Å². The molecule has 6 heteroatoms. The molecule has 0 rings (SSSR count). The zero-order valence-electron chi connectivity index (χ0n) is 6.99. The number of carbonyl (C=O) groups excluding carboxylic acids is 4. The van der Waals surface area contributed by atoms with E-state index in [1.165, 1.54) is 0 Å². The van der Waals surface area contributed by atoms with Crippen molar-refractivity contribution < 1.29 is 29.4 Å². The molecule has 0 aliphatic carbocycles. The highest BCUT2D eigenvalue weighted by Crippen LogP contribution is 1.65. The molecule has 0 radical (unpaired) electrons. The van der Waals surface area contributed by atoms with Crippen LogP contribution in [0.2, 0.25) is 0 Å². The van der Waals surface area contributed by atoms with Crippen LogP contribution < -0.4 is 0 Å². The van der Waals surface area contributed by atoms with Gasteiger partial charge >= 0.3 is 0 Å². The van der Waals surface area contributed by atoms with Crippen LogP contribution in [0.25, 0.3) is 0 Å². The number of carbonyl (C=O) groups is 4. The Morgan fingerprint density at radius 2 is 1.07 bits per heavy atom. The Hall–Kier alpha value is -2.24. The molecule has 2 N–H and O–H groups in total. The van der Waals surface area contributed by atoms with Crippen molar-refractivity contribution in [3.8, 4) is 0 Å². The van der Waals surface area contributed by atoms with Crippen LogP contribution in [-0.2, 0) is 19.2 Å². The molecule has 0 saturated heterocycles. The topological polar surface area (TPSA) is 109 Å². The lowest BCUT2D eigenvalue weighted by molar-refractivity contribution is -0.126. The fraction of sp³-hybridized carbons (Fsp3) is 0. The van der Waals surface area contributed by atoms with Gasteiger partial charge in [-0.15, -0.1) is 0 Å². The Morgan fingerprint density at radius 3 is 1.14 bits per heavy atom. The maximum absolute atomic E-state index is 9.80. The van der Waals surface area contributed by atoms with Gasteiger partial charge in [0.2, 0.25) is 11.6 Å². The van der Waals surface area contributed by atoms with Gasteiger partial charge in [0.1, 0.15) is 0 Å². The number of allylic oxidation sites excluding steroid dienone is 2. The molecule has 76 valence electrons. The lowest BCUT2D eigenvalue weighted by atomic mass is 10.4. The van der Waals surface area contributed by atoms with Gasteiger partial charge in [0.25, 0.3) is 0 Å². The number of hydrogen-bond donors (Lipinski definition) is 2. The third kappa shape index (κ3) is 12.4. The number of hydrogen-bond acceptors (Lipinski definition) is 6. The monoisotopic (exact) mass is 200 g/mol. The Kier molecular flexibility index (Phi) is 11.0. The molecular weight excluding hydrogens is 192 g/mol. The van der Waals surface area contributed by atoms with Gasteiger partial charge < -0.3 is 10.2 Å². The summed E-state index contributed by atoms with van der Waals surface area (Å²) in [4.78, 5) is 38.4. The Labute approximate surface area is 79.2 Å². The molecule has 0 aromatic rings. The van der Waals surface area contributed by atoms with Gasteiger partial charge in [0.05, 0.1) is 12.5 Å². The van der Waals surface area contributed by atoms with E-state index >= 15 is 0 Å². The first-order valence-electron chi connectivity index (χ1n) is 3.22. The van der Waals surface area contributed by atoms with Crippen LogP contribution >= 0.6 is 0 Å². The van der Waals surface area contributed by atoms with Gasteiger partial charge in [-0.1, -0.05) is 0 Å². The predicted octanol–water partition coefficient (Wildman–Crippen LogP) is -0.348. The van der Waals surface area contributed by atoms with E-state index < -0.39 is 11.6 Å². The largest absolute Gasteiger partial charge is 0.515 e. The standard InChI is InChI=1S/2C4H4O3/c2*5-2-1-4(7)3-6/h2*1-3,5H/b2-1+;. The van der Waals surface area contributed by atoms with Gasteiger partial charge in [0.15, 0.2) is 12.6 Å². The van der Waals surface area contributed by atoms with Gasteiger partial charge in [0, 0.05) is 12.2 Å². The third-order valence-electron chi connectivity index (χ3n) is 0.710. The summed E-state index contributed by atoms with van der Waals surface area (Å²) >= 11 is 0. The van der Waals surface area contributed by atoms with E-state index in [0.717, 1.165) is 12.2 Å². The van der Waals surface area contributed by atoms with Gasteiger partial charge in [-0.2, -0.15) is 0 Å². The van der Waals surface area contributed by atoms with Crippen LogP contribution in [0.15, 0.2) is 24.7 Å². The molecule has 0 fully saturated rings. The van der Waals surface area contributed by atoms with Crippen molar-refractivity contribution in [2.24, 2.45) is 0 Å². The molecule has 0 spiro atoms. The molecule has 14 heavy (non-hydrogen) atoms. The first-order chi connectivity index (χ1) is 6.62. The maximum Gasteiger partial charge on any atom is 0.221 e. The average Bonchev–Trinajstić information content (AvgIpc) is 2.19. The minimum atomic E-state index is -0.734. The van der Waals surface area contributed by atoms with E-state index in [-0.39, 0.29) is 12.6 Å². The Morgan fingerprint density at radius 1 is 0.786 bits per heavy atom. The van der Waals surface area contributed by atoms with Crippen molar-refractivity contribution in [3.05, 3.63) is 24.7 Å². The first-order valence-corrected chi connectivity index (χ1v) is 3.22. The van der Waals surface area contributed by atoms with Crippen LogP contribution in [0.3, 0.4) is 0 Å². The molecule has 0 aromatic heterocycles.